The molecule has 1 aliphatic rings. The molecule has 0 saturated heterocycles. The summed E-state index contributed by atoms with van der Waals surface area (Å²) in [4.78, 5) is 12.9. The van der Waals surface area contributed by atoms with Crippen LogP contribution in [0.5, 0.6) is 23.0 Å². The van der Waals surface area contributed by atoms with E-state index in [1.54, 1.807) is 14.2 Å². The molecule has 3 aromatic carbocycles. The lowest BCUT2D eigenvalue weighted by Crippen LogP contribution is -2.36. The lowest BCUT2D eigenvalue weighted by atomic mass is 9.97. The molecule has 9 heteroatoms. The number of hydrogen-bond donors (Lipinski definition) is 1. The average molecular weight is 587 g/mol. The number of thioether (sulfide) groups is 1. The molecule has 8 nitrogen and oxygen atoms in total. The van der Waals surface area contributed by atoms with Crippen molar-refractivity contribution in [2.45, 2.75) is 62.6 Å². The number of aromatic nitrogens is 3. The number of hydrogen-bond acceptors (Lipinski definition) is 7. The Bertz CT molecular complexity index is 1430. The Morgan fingerprint density at radius 3 is 2.26 bits per heavy atom. The third-order valence-corrected chi connectivity index (χ3v) is 8.32. The Labute approximate surface area is 251 Å². The predicted octanol–water partition coefficient (Wildman–Crippen LogP) is 6.99. The van der Waals surface area contributed by atoms with E-state index in [-0.39, 0.29) is 17.7 Å². The van der Waals surface area contributed by atoms with Gasteiger partial charge < -0.3 is 19.5 Å². The number of para-hydroxylation sites is 1. The SMILES string of the molecule is COc1ccc(Cc2nnc(SCC(=O)NC3CCCCCCC3)n2-c2ccc(Oc3ccccc3)cc2)cc1OC. The molecule has 4 aromatic rings. The smallest absolute Gasteiger partial charge is 0.230 e. The van der Waals surface area contributed by atoms with E-state index in [9.17, 15) is 4.79 Å². The molecular formula is C33H38N4O4S. The number of nitrogens with zero attached hydrogens (tertiary/aromatic N) is 3. The van der Waals surface area contributed by atoms with Gasteiger partial charge in [-0.15, -0.1) is 10.2 Å². The first-order valence-electron chi connectivity index (χ1n) is 14.5. The van der Waals surface area contributed by atoms with Crippen molar-refractivity contribution in [2.75, 3.05) is 20.0 Å². The predicted molar refractivity (Wildman–Crippen MR) is 165 cm³/mol. The first-order chi connectivity index (χ1) is 20.6. The van der Waals surface area contributed by atoms with Crippen LogP contribution in [0.2, 0.25) is 0 Å². The molecule has 220 valence electrons. The highest BCUT2D eigenvalue weighted by Gasteiger charge is 2.19. The molecular weight excluding hydrogens is 548 g/mol. The number of carbonyl (C=O) groups excluding carboxylic acids is 1. The fraction of sp³-hybridized carbons (Fsp3) is 0.364. The number of carbonyl (C=O) groups is 1. The summed E-state index contributed by atoms with van der Waals surface area (Å²) in [6, 6.07) is 23.6. The molecule has 0 aliphatic heterocycles. The average Bonchev–Trinajstić information content (AvgIpc) is 3.40. The maximum atomic E-state index is 12.9. The Balaban J connectivity index is 1.36. The fourth-order valence-electron chi connectivity index (χ4n) is 5.23. The van der Waals surface area contributed by atoms with Crippen LogP contribution in [0.1, 0.15) is 56.3 Å². The number of amides is 1. The molecule has 0 unspecified atom stereocenters. The van der Waals surface area contributed by atoms with Gasteiger partial charge in [-0.1, -0.05) is 68.1 Å². The minimum atomic E-state index is 0.0353. The molecule has 0 radical (unpaired) electrons. The number of nitrogens with one attached hydrogen (secondary N) is 1. The lowest BCUT2D eigenvalue weighted by molar-refractivity contribution is -0.119. The summed E-state index contributed by atoms with van der Waals surface area (Å²) in [5, 5.41) is 13.0. The third kappa shape index (κ3) is 7.85. The molecule has 1 heterocycles. The summed E-state index contributed by atoms with van der Waals surface area (Å²) < 4.78 is 18.9. The van der Waals surface area contributed by atoms with Crippen molar-refractivity contribution >= 4 is 17.7 Å². The van der Waals surface area contributed by atoms with Crippen molar-refractivity contribution in [1.29, 1.82) is 0 Å². The maximum Gasteiger partial charge on any atom is 0.230 e. The number of rotatable bonds is 11. The van der Waals surface area contributed by atoms with Crippen molar-refractivity contribution in [3.63, 3.8) is 0 Å². The van der Waals surface area contributed by atoms with E-state index in [1.807, 2.05) is 77.4 Å². The summed E-state index contributed by atoms with van der Waals surface area (Å²) in [5.41, 5.74) is 1.89. The van der Waals surface area contributed by atoms with Gasteiger partial charge in [0.05, 0.1) is 20.0 Å². The summed E-state index contributed by atoms with van der Waals surface area (Å²) in [7, 11) is 3.25. The van der Waals surface area contributed by atoms with E-state index >= 15 is 0 Å². The van der Waals surface area contributed by atoms with Crippen molar-refractivity contribution in [2.24, 2.45) is 0 Å². The normalized spacial score (nSPS) is 14.0. The van der Waals surface area contributed by atoms with Gasteiger partial charge in [0, 0.05) is 18.2 Å². The second kappa shape index (κ2) is 14.8. The van der Waals surface area contributed by atoms with Crippen LogP contribution in [0.4, 0.5) is 0 Å². The van der Waals surface area contributed by atoms with Gasteiger partial charge in [0.15, 0.2) is 16.7 Å². The van der Waals surface area contributed by atoms with E-state index in [1.165, 1.54) is 43.9 Å². The van der Waals surface area contributed by atoms with Crippen LogP contribution >= 0.6 is 11.8 Å². The highest BCUT2D eigenvalue weighted by molar-refractivity contribution is 7.99. The molecule has 1 amide bonds. The maximum absolute atomic E-state index is 12.9. The van der Waals surface area contributed by atoms with Crippen molar-refractivity contribution in [1.82, 2.24) is 20.1 Å². The summed E-state index contributed by atoms with van der Waals surface area (Å²) >= 11 is 1.40. The number of methoxy groups -OCH3 is 2. The molecule has 0 spiro atoms. The Morgan fingerprint density at radius 1 is 0.857 bits per heavy atom. The van der Waals surface area contributed by atoms with Crippen molar-refractivity contribution < 1.29 is 19.0 Å². The van der Waals surface area contributed by atoms with Gasteiger partial charge in [-0.25, -0.2) is 0 Å². The zero-order valence-electron chi connectivity index (χ0n) is 24.3. The molecule has 42 heavy (non-hydrogen) atoms. The Kier molecular flexibility index (Phi) is 10.4. The summed E-state index contributed by atoms with van der Waals surface area (Å²) in [6.07, 6.45) is 8.79. The van der Waals surface area contributed by atoms with Crippen molar-refractivity contribution in [3.8, 4) is 28.7 Å². The minimum absolute atomic E-state index is 0.0353. The van der Waals surface area contributed by atoms with Gasteiger partial charge in [-0.3, -0.25) is 9.36 Å². The van der Waals surface area contributed by atoms with Crippen molar-refractivity contribution in [3.05, 3.63) is 84.2 Å². The van der Waals surface area contributed by atoms with E-state index in [2.05, 4.69) is 15.5 Å². The van der Waals surface area contributed by atoms with E-state index in [0.29, 0.717) is 23.1 Å². The molecule has 0 bridgehead atoms. The molecule has 1 fully saturated rings. The van der Waals surface area contributed by atoms with Crippen LogP contribution < -0.4 is 19.5 Å². The highest BCUT2D eigenvalue weighted by atomic mass is 32.2. The zero-order valence-corrected chi connectivity index (χ0v) is 25.1. The summed E-state index contributed by atoms with van der Waals surface area (Å²) in [6.45, 7) is 0. The van der Waals surface area contributed by atoms with Crippen LogP contribution in [0.25, 0.3) is 5.69 Å². The Morgan fingerprint density at radius 2 is 1.55 bits per heavy atom. The first kappa shape index (κ1) is 29.5. The van der Waals surface area contributed by atoms with Crippen LogP contribution in [-0.2, 0) is 11.2 Å². The standard InChI is InChI=1S/C33H38N4O4S/c1-39-29-20-15-24(21-30(29)40-2)22-31-35-36-33(42-23-32(38)34-25-11-7-4-3-5-8-12-25)37(31)26-16-18-28(19-17-26)41-27-13-9-6-10-14-27/h6,9-10,13-21,25H,3-5,7-8,11-12,22-23H2,1-2H3,(H,34,38). The van der Waals surface area contributed by atoms with Gasteiger partial charge >= 0.3 is 0 Å². The second-order valence-corrected chi connectivity index (χ2v) is 11.4. The quantitative estimate of drug-likeness (QED) is 0.190. The molecule has 5 rings (SSSR count). The first-order valence-corrected chi connectivity index (χ1v) is 15.5. The van der Waals surface area contributed by atoms with E-state index in [0.717, 1.165) is 41.4 Å². The van der Waals surface area contributed by atoms with Crippen LogP contribution in [0, 0.1) is 0 Å². The van der Waals surface area contributed by atoms with Crippen LogP contribution in [0.3, 0.4) is 0 Å². The third-order valence-electron chi connectivity index (χ3n) is 7.39. The monoisotopic (exact) mass is 586 g/mol. The van der Waals surface area contributed by atoms with Crippen LogP contribution in [-0.4, -0.2) is 46.7 Å². The van der Waals surface area contributed by atoms with E-state index in [4.69, 9.17) is 14.2 Å². The highest BCUT2D eigenvalue weighted by Crippen LogP contribution is 2.30. The van der Waals surface area contributed by atoms with Gasteiger partial charge in [-0.2, -0.15) is 0 Å². The number of benzene rings is 3. The largest absolute Gasteiger partial charge is 0.493 e. The topological polar surface area (TPSA) is 87.5 Å². The zero-order chi connectivity index (χ0) is 29.1. The van der Waals surface area contributed by atoms with Crippen LogP contribution in [0.15, 0.2) is 78.0 Å². The van der Waals surface area contributed by atoms with E-state index < -0.39 is 0 Å². The van der Waals surface area contributed by atoms with Gasteiger partial charge in [0.25, 0.3) is 0 Å². The van der Waals surface area contributed by atoms with Gasteiger partial charge in [0.1, 0.15) is 17.3 Å². The second-order valence-electron chi connectivity index (χ2n) is 10.4. The summed E-state index contributed by atoms with van der Waals surface area (Å²) in [5.74, 6) is 3.89. The molecule has 1 aromatic heterocycles. The molecule has 0 atom stereocenters. The lowest BCUT2D eigenvalue weighted by Gasteiger charge is -2.21. The molecule has 1 N–H and O–H groups in total. The van der Waals surface area contributed by atoms with Gasteiger partial charge in [-0.05, 0) is 66.9 Å². The molecule has 1 aliphatic carbocycles. The number of ether oxygens (including phenoxy) is 3. The Hall–Kier alpha value is -3.98. The minimum Gasteiger partial charge on any atom is -0.493 e. The van der Waals surface area contributed by atoms with Gasteiger partial charge in [0.2, 0.25) is 5.91 Å². The molecule has 1 saturated carbocycles. The fourth-order valence-corrected chi connectivity index (χ4v) is 6.01.